The quantitative estimate of drug-likeness (QED) is 0.175. The second kappa shape index (κ2) is 13.3. The van der Waals surface area contributed by atoms with E-state index in [1.807, 2.05) is 11.3 Å². The summed E-state index contributed by atoms with van der Waals surface area (Å²) < 4.78 is 9.30. The summed E-state index contributed by atoms with van der Waals surface area (Å²) in [5, 5.41) is 14.7. The van der Waals surface area contributed by atoms with Crippen molar-refractivity contribution in [3.05, 3.63) is 216 Å². The Kier molecular flexibility index (Phi) is 7.61. The number of benzene rings is 9. The van der Waals surface area contributed by atoms with Crippen LogP contribution in [0.15, 0.2) is 199 Å². The molecule has 0 spiro atoms. The first-order chi connectivity index (χ1) is 28.8. The molecule has 9 aromatic carbocycles. The van der Waals surface area contributed by atoms with Crippen molar-refractivity contribution in [2.75, 3.05) is 0 Å². The molecule has 12 rings (SSSR count). The molecule has 2 heteroatoms. The minimum Gasteiger partial charge on any atom is -0.455 e. The highest BCUT2D eigenvalue weighted by atomic mass is 32.1. The van der Waals surface area contributed by atoms with Crippen LogP contribution in [0.25, 0.3) is 96.7 Å². The van der Waals surface area contributed by atoms with Crippen molar-refractivity contribution in [2.45, 2.75) is 12.8 Å². The van der Waals surface area contributed by atoms with Crippen molar-refractivity contribution in [3.8, 4) is 11.1 Å². The van der Waals surface area contributed by atoms with E-state index in [0.717, 1.165) is 40.2 Å². The predicted molar refractivity (Wildman–Crippen MR) is 249 cm³/mol. The fourth-order valence-corrected chi connectivity index (χ4v) is 10.8. The van der Waals surface area contributed by atoms with E-state index in [4.69, 9.17) is 4.42 Å². The SMILES string of the molecule is C1=C/C(c2cccc3ccccc23)=c2/cccc/c2=C(c2ccc(-c3cc4c(ccc5c6ccccc6oc54)c4c3sc3ccccc34)c3ccccc23)/C=C/CC1. The lowest BCUT2D eigenvalue weighted by molar-refractivity contribution is 0.672. The van der Waals surface area contributed by atoms with E-state index in [0.29, 0.717) is 0 Å². The van der Waals surface area contributed by atoms with Gasteiger partial charge in [-0.3, -0.25) is 0 Å². The molecule has 1 nitrogen and oxygen atoms in total. The Labute approximate surface area is 339 Å². The number of furan rings is 1. The van der Waals surface area contributed by atoms with E-state index >= 15 is 0 Å². The topological polar surface area (TPSA) is 13.1 Å². The zero-order valence-electron chi connectivity index (χ0n) is 31.7. The maximum Gasteiger partial charge on any atom is 0.143 e. The van der Waals surface area contributed by atoms with Crippen molar-refractivity contribution in [3.63, 3.8) is 0 Å². The van der Waals surface area contributed by atoms with Crippen LogP contribution in [-0.4, -0.2) is 0 Å². The molecule has 2 aromatic heterocycles. The first kappa shape index (κ1) is 33.2. The number of hydrogen-bond donors (Lipinski definition) is 0. The number of allylic oxidation sites excluding steroid dienone is 4. The monoisotopic (exact) mass is 756 g/mol. The molecule has 0 bridgehead atoms. The first-order valence-corrected chi connectivity index (χ1v) is 21.0. The Morgan fingerprint density at radius 1 is 0.397 bits per heavy atom. The Morgan fingerprint density at radius 2 is 0.983 bits per heavy atom. The van der Waals surface area contributed by atoms with Gasteiger partial charge in [-0.2, -0.15) is 0 Å². The van der Waals surface area contributed by atoms with Crippen LogP contribution in [0.2, 0.25) is 0 Å². The third kappa shape index (κ3) is 5.09. The van der Waals surface area contributed by atoms with Crippen LogP contribution in [0, 0.1) is 0 Å². The second-order valence-electron chi connectivity index (χ2n) is 15.4. The Morgan fingerprint density at radius 3 is 1.78 bits per heavy atom. The molecule has 0 N–H and O–H groups in total. The van der Waals surface area contributed by atoms with E-state index in [1.54, 1.807) is 0 Å². The van der Waals surface area contributed by atoms with E-state index in [9.17, 15) is 0 Å². The van der Waals surface area contributed by atoms with Crippen molar-refractivity contribution in [2.24, 2.45) is 0 Å². The molecule has 2 heterocycles. The van der Waals surface area contributed by atoms with Crippen LogP contribution in [-0.2, 0) is 0 Å². The summed E-state index contributed by atoms with van der Waals surface area (Å²) in [7, 11) is 0. The molecule has 11 aromatic rings. The molecule has 58 heavy (non-hydrogen) atoms. The normalized spacial score (nSPS) is 15.9. The number of hydrogen-bond acceptors (Lipinski definition) is 2. The Balaban J connectivity index is 1.18. The minimum absolute atomic E-state index is 0.920. The molecule has 0 fully saturated rings. The minimum atomic E-state index is 0.920. The van der Waals surface area contributed by atoms with Gasteiger partial charge in [0.1, 0.15) is 11.2 Å². The van der Waals surface area contributed by atoms with Gasteiger partial charge in [-0.1, -0.05) is 170 Å². The van der Waals surface area contributed by atoms with Crippen LogP contribution in [0.3, 0.4) is 0 Å². The fourth-order valence-electron chi connectivity index (χ4n) is 9.51. The van der Waals surface area contributed by atoms with E-state index in [2.05, 4.69) is 194 Å². The van der Waals surface area contributed by atoms with Gasteiger partial charge in [0.05, 0.1) is 0 Å². The van der Waals surface area contributed by atoms with Gasteiger partial charge in [-0.15, -0.1) is 11.3 Å². The number of thiophene rings is 1. The number of rotatable bonds is 3. The lowest BCUT2D eigenvalue weighted by atomic mass is 9.88. The largest absolute Gasteiger partial charge is 0.455 e. The molecule has 0 saturated heterocycles. The molecular weight excluding hydrogens is 721 g/mol. The zero-order valence-corrected chi connectivity index (χ0v) is 32.5. The van der Waals surface area contributed by atoms with E-state index in [-0.39, 0.29) is 0 Å². The first-order valence-electron chi connectivity index (χ1n) is 20.2. The Hall–Kier alpha value is -7.00. The van der Waals surface area contributed by atoms with Crippen LogP contribution >= 0.6 is 11.3 Å². The summed E-state index contributed by atoms with van der Waals surface area (Å²) in [5.74, 6) is 0. The molecule has 0 atom stereocenters. The highest BCUT2D eigenvalue weighted by Gasteiger charge is 2.21. The summed E-state index contributed by atoms with van der Waals surface area (Å²) in [4.78, 5) is 0. The van der Waals surface area contributed by atoms with Crippen molar-refractivity contribution in [1.82, 2.24) is 0 Å². The summed E-state index contributed by atoms with van der Waals surface area (Å²) in [6, 6.07) is 62.4. The van der Waals surface area contributed by atoms with Gasteiger partial charge in [0.2, 0.25) is 0 Å². The molecule has 0 amide bonds. The molecule has 1 aliphatic carbocycles. The molecular formula is C56H36OS. The molecule has 0 unspecified atom stereocenters. The van der Waals surface area contributed by atoms with Gasteiger partial charge in [0.15, 0.2) is 0 Å². The van der Waals surface area contributed by atoms with Crippen LogP contribution in [0.5, 0.6) is 0 Å². The summed E-state index contributed by atoms with van der Waals surface area (Å²) in [5.41, 5.74) is 9.32. The van der Waals surface area contributed by atoms with E-state index in [1.165, 1.54) is 90.9 Å². The second-order valence-corrected chi connectivity index (χ2v) is 16.4. The lowest BCUT2D eigenvalue weighted by Crippen LogP contribution is -2.29. The standard InChI is InChI=1S/C56H36OS/c1-2-4-20-41(40-22-8-7-21-39(40)38(19-3-1)37-27-15-17-35-16-5-6-18-36(35)37)44-30-31-45(43-24-10-9-23-42(43)44)51-34-50-47(54-49-26-12-14-29-53(49)58-56(51)54)32-33-48-46-25-11-13-28-52(46)57-55(48)50/h3-34H,1-2H2/b19-3?,20-4+,39-38+,41-40+. The predicted octanol–water partition coefficient (Wildman–Crippen LogP) is 14.4. The summed E-state index contributed by atoms with van der Waals surface area (Å²) in [6.45, 7) is 0. The third-order valence-corrected chi connectivity index (χ3v) is 13.3. The maximum atomic E-state index is 6.70. The average molecular weight is 757 g/mol. The van der Waals surface area contributed by atoms with Crippen LogP contribution in [0.1, 0.15) is 24.0 Å². The summed E-state index contributed by atoms with van der Waals surface area (Å²) in [6.07, 6.45) is 11.4. The smallest absolute Gasteiger partial charge is 0.143 e. The van der Waals surface area contributed by atoms with Crippen LogP contribution < -0.4 is 10.4 Å². The van der Waals surface area contributed by atoms with E-state index < -0.39 is 0 Å². The van der Waals surface area contributed by atoms with Gasteiger partial charge in [-0.05, 0) is 102 Å². The molecule has 0 radical (unpaired) electrons. The maximum absolute atomic E-state index is 6.70. The Bertz CT molecular complexity index is 3680. The van der Waals surface area contributed by atoms with Gasteiger partial charge in [0.25, 0.3) is 0 Å². The molecule has 1 aliphatic rings. The van der Waals surface area contributed by atoms with Crippen molar-refractivity contribution in [1.29, 1.82) is 0 Å². The van der Waals surface area contributed by atoms with Crippen molar-refractivity contribution >= 4 is 96.9 Å². The van der Waals surface area contributed by atoms with Gasteiger partial charge >= 0.3 is 0 Å². The van der Waals surface area contributed by atoms with Crippen LogP contribution in [0.4, 0.5) is 0 Å². The fraction of sp³-hybridized carbons (Fsp3) is 0.0357. The molecule has 272 valence electrons. The van der Waals surface area contributed by atoms with Crippen molar-refractivity contribution < 1.29 is 4.42 Å². The van der Waals surface area contributed by atoms with Gasteiger partial charge in [-0.25, -0.2) is 0 Å². The van der Waals surface area contributed by atoms with Gasteiger partial charge in [0, 0.05) is 41.9 Å². The highest BCUT2D eigenvalue weighted by Crippen LogP contribution is 2.48. The lowest BCUT2D eigenvalue weighted by Gasteiger charge is -2.16. The van der Waals surface area contributed by atoms with Gasteiger partial charge < -0.3 is 4.42 Å². The zero-order chi connectivity index (χ0) is 38.2. The molecule has 0 aliphatic heterocycles. The third-order valence-electron chi connectivity index (χ3n) is 12.1. The molecule has 0 saturated carbocycles. The number of para-hydroxylation sites is 1. The summed E-state index contributed by atoms with van der Waals surface area (Å²) >= 11 is 1.89. The average Bonchev–Trinajstić information content (AvgIpc) is 3.87. The highest BCUT2D eigenvalue weighted by molar-refractivity contribution is 7.26. The number of fused-ring (bicyclic) bond motifs is 12.